The molecule has 78 heavy (non-hydrogen) atoms. The molecule has 8 unspecified atom stereocenters. The summed E-state index contributed by atoms with van der Waals surface area (Å²) in [6.07, 6.45) is -12.1. The maximum atomic E-state index is 13.8. The van der Waals surface area contributed by atoms with Crippen LogP contribution < -0.4 is 32.9 Å². The Morgan fingerprint density at radius 1 is 0.744 bits per heavy atom. The number of aliphatic hydroxyl groups excluding tert-OH is 2. The number of anilines is 2. The molecule has 430 valence electrons. The largest absolute Gasteiger partial charge is 0.490 e. The van der Waals surface area contributed by atoms with E-state index in [1.165, 1.54) is 58.9 Å². The third-order valence-corrected chi connectivity index (χ3v) is 17.9. The average Bonchev–Trinajstić information content (AvgIpc) is 4.35. The molecule has 4 aromatic heterocycles. The summed E-state index contributed by atoms with van der Waals surface area (Å²) in [6, 6.07) is -0.845. The van der Waals surface area contributed by atoms with Gasteiger partial charge in [0.05, 0.1) is 52.2 Å². The van der Waals surface area contributed by atoms with E-state index >= 15 is 0 Å². The molecule has 9 rings (SSSR count). The topological polar surface area (TPSA) is 537 Å². The summed E-state index contributed by atoms with van der Waals surface area (Å²) in [5.74, 6) is -1.51. The van der Waals surface area contributed by atoms with E-state index in [1.54, 1.807) is 0 Å². The van der Waals surface area contributed by atoms with Gasteiger partial charge in [-0.05, 0) is 0 Å². The zero-order chi connectivity index (χ0) is 56.4. The number of aryl methyl sites for hydroxylation is 1. The smallest absolute Gasteiger partial charge is 0.387 e. The van der Waals surface area contributed by atoms with Gasteiger partial charge < -0.3 is 80.3 Å². The Kier molecular flexibility index (Phi) is 16.5. The summed E-state index contributed by atoms with van der Waals surface area (Å²) in [5.41, 5.74) is 16.0. The Morgan fingerprint density at radius 2 is 1.37 bits per heavy atom. The van der Waals surface area contributed by atoms with E-state index in [9.17, 15) is 57.6 Å². The molecular weight excluding hydrogens is 1140 g/mol. The van der Waals surface area contributed by atoms with Crippen molar-refractivity contribution in [3.8, 4) is 0 Å². The van der Waals surface area contributed by atoms with Gasteiger partial charge >= 0.3 is 36.9 Å². The van der Waals surface area contributed by atoms with Crippen LogP contribution in [0.4, 0.5) is 11.9 Å². The summed E-state index contributed by atoms with van der Waals surface area (Å²) in [5, 5.41) is 22.5. The highest BCUT2D eigenvalue weighted by molar-refractivity contribution is 7.66. The van der Waals surface area contributed by atoms with Crippen molar-refractivity contribution in [1.82, 2.24) is 39.0 Å². The highest BCUT2D eigenvalue weighted by atomic mass is 31.3. The van der Waals surface area contributed by atoms with Gasteiger partial charge in [0.1, 0.15) is 60.9 Å². The molecule has 9 heterocycles. The first-order chi connectivity index (χ1) is 36.7. The lowest BCUT2D eigenvalue weighted by atomic mass is 9.99. The second-order valence-electron chi connectivity index (χ2n) is 17.6. The van der Waals surface area contributed by atoms with E-state index < -0.39 is 148 Å². The third-order valence-electron chi connectivity index (χ3n) is 12.7. The summed E-state index contributed by atoms with van der Waals surface area (Å²) < 4.78 is 121. The van der Waals surface area contributed by atoms with E-state index in [4.69, 9.17) is 63.7 Å². The van der Waals surface area contributed by atoms with Gasteiger partial charge in [-0.1, -0.05) is 4.98 Å². The number of ether oxygens (including phenoxy) is 6. The fourth-order valence-electron chi connectivity index (χ4n) is 9.28. The van der Waals surface area contributed by atoms with Crippen LogP contribution in [0.5, 0.6) is 0 Å². The number of phosphoric ester groups is 3. The molecular formula is C35H52N15O24P4+. The number of nitrogens with two attached hydrogens (primary N) is 3. The number of aromatic amines is 2. The lowest BCUT2D eigenvalue weighted by Gasteiger charge is -2.33. The monoisotopic (exact) mass is 1190 g/mol. The predicted octanol–water partition coefficient (Wildman–Crippen LogP) is -4.31. The van der Waals surface area contributed by atoms with Crippen LogP contribution in [0.2, 0.25) is 0 Å². The van der Waals surface area contributed by atoms with Gasteiger partial charge in [-0.15, -0.1) is 0 Å². The molecule has 43 heteroatoms. The molecule has 18 atom stereocenters. The lowest BCUT2D eigenvalue weighted by Crippen LogP contribution is -2.52. The number of H-pyrrole nitrogens is 2. The van der Waals surface area contributed by atoms with Crippen molar-refractivity contribution in [2.45, 2.75) is 79.7 Å². The number of aromatic nitrogens is 8. The van der Waals surface area contributed by atoms with Crippen LogP contribution in [0, 0.1) is 5.92 Å². The van der Waals surface area contributed by atoms with E-state index in [0.29, 0.717) is 0 Å². The number of fused-ring (bicyclic) bond motifs is 3. The molecule has 39 nitrogen and oxygen atoms in total. The van der Waals surface area contributed by atoms with Crippen LogP contribution >= 0.6 is 31.3 Å². The van der Waals surface area contributed by atoms with Gasteiger partial charge in [-0.25, -0.2) is 37.8 Å². The van der Waals surface area contributed by atoms with Crippen molar-refractivity contribution in [2.24, 2.45) is 33.7 Å². The molecule has 0 bridgehead atoms. The first-order valence-electron chi connectivity index (χ1n) is 22.6. The van der Waals surface area contributed by atoms with Gasteiger partial charge in [0.25, 0.3) is 17.1 Å². The number of methoxy groups -OCH3 is 3. The molecule has 0 saturated carbocycles. The van der Waals surface area contributed by atoms with E-state index in [1.807, 2.05) is 0 Å². The molecule has 0 radical (unpaired) electrons. The van der Waals surface area contributed by atoms with Gasteiger partial charge in [0.15, 0.2) is 36.1 Å². The van der Waals surface area contributed by atoms with Crippen LogP contribution in [-0.4, -0.2) is 202 Å². The van der Waals surface area contributed by atoms with Gasteiger partial charge in [-0.2, -0.15) is 13.6 Å². The highest BCUT2D eigenvalue weighted by Gasteiger charge is 2.56. The van der Waals surface area contributed by atoms with Crippen molar-refractivity contribution in [2.75, 3.05) is 59.2 Å². The van der Waals surface area contributed by atoms with Gasteiger partial charge in [0, 0.05) is 27.2 Å². The van der Waals surface area contributed by atoms with Gasteiger partial charge in [0.2, 0.25) is 17.7 Å². The fourth-order valence-corrected chi connectivity index (χ4v) is 13.8. The number of imidazole rings is 2. The number of hydrogen-bond donors (Lipinski definition) is 11. The molecule has 14 N–H and O–H groups in total. The second-order valence-corrected chi connectivity index (χ2v) is 23.7. The number of phosphoric acid groups is 4. The predicted molar refractivity (Wildman–Crippen MR) is 256 cm³/mol. The Bertz CT molecular complexity index is 3320. The fraction of sp³-hybridized carbons (Fsp3) is 0.629. The average molecular weight is 1190 g/mol. The molecule has 5 aliphatic rings. The quantitative estimate of drug-likeness (QED) is 0.0262. The number of rotatable bonds is 22. The van der Waals surface area contributed by atoms with Crippen LogP contribution in [0.25, 0.3) is 22.3 Å². The van der Waals surface area contributed by atoms with Crippen LogP contribution in [0.15, 0.2) is 37.2 Å². The molecule has 3 saturated heterocycles. The van der Waals surface area contributed by atoms with Crippen molar-refractivity contribution < 1.29 is 108 Å². The summed E-state index contributed by atoms with van der Waals surface area (Å²) in [6.45, 7) is -3.30. The summed E-state index contributed by atoms with van der Waals surface area (Å²) >= 11 is 0. The minimum Gasteiger partial charge on any atom is -0.387 e. The number of aliphatic hydroxyl groups is 2. The minimum atomic E-state index is -6.17. The Morgan fingerprint density at radius 3 is 2.05 bits per heavy atom. The summed E-state index contributed by atoms with van der Waals surface area (Å²) in [7, 11) is -18.1. The zero-order valence-corrected chi connectivity index (χ0v) is 44.3. The Hall–Kier alpha value is -4.89. The molecule has 3 fully saturated rings. The minimum absolute atomic E-state index is 0.0143. The summed E-state index contributed by atoms with van der Waals surface area (Å²) in [4.78, 5) is 98.6. The molecule has 0 spiro atoms. The van der Waals surface area contributed by atoms with E-state index in [0.717, 1.165) is 13.4 Å². The normalized spacial score (nSPS) is 33.1. The molecule has 0 amide bonds. The Balaban J connectivity index is 0.864. The number of amidine groups is 1. The number of hydrogen-bond acceptors (Lipinski definition) is 30. The zero-order valence-electron chi connectivity index (χ0n) is 40.7. The Labute approximate surface area is 435 Å². The third kappa shape index (κ3) is 11.7. The van der Waals surface area contributed by atoms with Crippen molar-refractivity contribution in [3.05, 3.63) is 33.4 Å². The second kappa shape index (κ2) is 22.2. The van der Waals surface area contributed by atoms with Crippen LogP contribution in [-0.2, 0) is 80.4 Å². The number of nitrogen functional groups attached to an aromatic ring is 2. The maximum absolute atomic E-state index is 13.8. The van der Waals surface area contributed by atoms with Crippen molar-refractivity contribution in [1.29, 1.82) is 0 Å². The van der Waals surface area contributed by atoms with E-state index in [-0.39, 0.29) is 46.7 Å². The number of nitrogens with one attached hydrogen (secondary N) is 2. The highest BCUT2D eigenvalue weighted by Crippen LogP contribution is 2.68. The maximum Gasteiger partial charge on any atom is 0.490 e. The molecule has 5 aliphatic heterocycles. The first-order valence-corrected chi connectivity index (χ1v) is 28.6. The number of nitrogens with zero attached hydrogens (tertiary/aromatic N) is 10. The van der Waals surface area contributed by atoms with Crippen LogP contribution in [0.3, 0.4) is 0 Å². The van der Waals surface area contributed by atoms with Gasteiger partial charge in [-0.3, -0.25) is 51.8 Å². The lowest BCUT2D eigenvalue weighted by molar-refractivity contribution is -0.745. The molecule has 0 aliphatic carbocycles. The van der Waals surface area contributed by atoms with Crippen LogP contribution in [0.1, 0.15) is 12.5 Å². The van der Waals surface area contributed by atoms with Crippen molar-refractivity contribution >= 4 is 84.0 Å². The van der Waals surface area contributed by atoms with Crippen molar-refractivity contribution in [3.63, 3.8) is 0 Å². The molecule has 0 aromatic carbocycles. The first kappa shape index (κ1) is 57.8. The standard InChI is InChI=1S/C35H51N15O24P4/c1-47-12-50(28-19(47)30(54)46-35(38)44-28)31-20(51)13(5-63-2)14(69-31)6-67-76(57,58)73-78(61,62)74-77(59,60)68-8-16-22(24(65-4)33(71-16)48-10-41-17-25(36)39-9-40-26(17)48)72-75(55,56)66-7-15-21(52)23(64-3)32(70-15)49-11-42-18-27(49)43-34(37)45-29(18)53/h9-17,20-24,26,31-33,51-52H,5-8H2,1-4H3,(H11-,36,37,38,39,40,43,44,45,46,53,54,55,56,57,58,59,60,61,62)/p+1/t13?,14-,15-,16?,17?,20-,21-,22-,23-,24-,26?,31-,32-,33-/m1/s1. The van der Waals surface area contributed by atoms with E-state index in [2.05, 4.69) is 48.5 Å². The number of aliphatic imine (C=N–C) groups is 3. The SMILES string of the molecule is COCC1[C@@H](O)[C@H]([n+]2cn(C)c3c(=O)[nH]c(N)nc32)O[C@@H]1COP(=O)(O)OP(=O)(O)OP(=O)(O)OCC1O[C@@H](N2C=NC3C(N)=NC=NC32)[C@H](OC)[C@@H]1OP(=O)(O)OC[C@H]1O[C@@H](n2cnc3c(=O)[nH]c(N)nc32)[C@H](OC)[C@@H]1O. The molecule has 4 aromatic rings.